The molecule has 150 valence electrons. The lowest BCUT2D eigenvalue weighted by Crippen LogP contribution is -2.55. The molecule has 28 heavy (non-hydrogen) atoms. The fourth-order valence-electron chi connectivity index (χ4n) is 6.03. The van der Waals surface area contributed by atoms with Gasteiger partial charge in [0.05, 0.1) is 6.54 Å². The van der Waals surface area contributed by atoms with Gasteiger partial charge >= 0.3 is 5.97 Å². The van der Waals surface area contributed by atoms with E-state index in [2.05, 4.69) is 10.6 Å². The van der Waals surface area contributed by atoms with Gasteiger partial charge in [0, 0.05) is 11.8 Å². The van der Waals surface area contributed by atoms with Gasteiger partial charge in [-0.15, -0.1) is 0 Å². The highest BCUT2D eigenvalue weighted by atomic mass is 16.4. The molecule has 0 unspecified atom stereocenters. The lowest BCUT2D eigenvalue weighted by molar-refractivity contribution is -0.147. The molecule has 0 radical (unpaired) electrons. The molecular weight excluding hydrogens is 356 g/mol. The SMILES string of the molecule is O=C(CNC(=O)C12CC3CC(CC(C3)C1)C2)N[C@@H](Cc1ccccc1)C(=O)O. The van der Waals surface area contributed by atoms with Gasteiger partial charge in [0.15, 0.2) is 0 Å². The van der Waals surface area contributed by atoms with Crippen LogP contribution in [0.15, 0.2) is 30.3 Å². The molecule has 0 spiro atoms. The first kappa shape index (κ1) is 19.0. The van der Waals surface area contributed by atoms with Crippen molar-refractivity contribution in [3.63, 3.8) is 0 Å². The minimum Gasteiger partial charge on any atom is -0.480 e. The molecule has 4 aliphatic rings. The first-order valence-corrected chi connectivity index (χ1v) is 10.3. The number of carboxylic acids is 1. The summed E-state index contributed by atoms with van der Waals surface area (Å²) >= 11 is 0. The first-order valence-electron chi connectivity index (χ1n) is 10.3. The normalized spacial score (nSPS) is 31.2. The molecule has 1 atom stereocenters. The van der Waals surface area contributed by atoms with Crippen LogP contribution < -0.4 is 10.6 Å². The molecule has 6 nitrogen and oxygen atoms in total. The number of carbonyl (C=O) groups excluding carboxylic acids is 2. The Kier molecular flexibility index (Phi) is 5.13. The van der Waals surface area contributed by atoms with Gasteiger partial charge in [0.2, 0.25) is 11.8 Å². The van der Waals surface area contributed by atoms with Gasteiger partial charge in [-0.2, -0.15) is 0 Å². The van der Waals surface area contributed by atoms with Crippen LogP contribution in [0.4, 0.5) is 0 Å². The summed E-state index contributed by atoms with van der Waals surface area (Å²) in [5.74, 6) is 0.428. The first-order chi connectivity index (χ1) is 13.4. The Morgan fingerprint density at radius 3 is 2.11 bits per heavy atom. The highest BCUT2D eigenvalue weighted by Crippen LogP contribution is 2.60. The van der Waals surface area contributed by atoms with Gasteiger partial charge in [-0.3, -0.25) is 9.59 Å². The van der Waals surface area contributed by atoms with E-state index in [0.717, 1.165) is 24.8 Å². The van der Waals surface area contributed by atoms with Crippen molar-refractivity contribution in [3.05, 3.63) is 35.9 Å². The monoisotopic (exact) mass is 384 g/mol. The summed E-state index contributed by atoms with van der Waals surface area (Å²) in [4.78, 5) is 36.7. The number of hydrogen-bond donors (Lipinski definition) is 3. The predicted molar refractivity (Wildman–Crippen MR) is 103 cm³/mol. The summed E-state index contributed by atoms with van der Waals surface area (Å²) in [6.07, 6.45) is 6.81. The predicted octanol–water partition coefficient (Wildman–Crippen LogP) is 2.13. The molecule has 1 aromatic carbocycles. The molecule has 4 fully saturated rings. The van der Waals surface area contributed by atoms with E-state index in [-0.39, 0.29) is 24.3 Å². The zero-order chi connectivity index (χ0) is 19.7. The molecule has 0 heterocycles. The summed E-state index contributed by atoms with van der Waals surface area (Å²) in [6, 6.07) is 8.18. The number of benzene rings is 1. The van der Waals surface area contributed by atoms with Gasteiger partial charge in [0.1, 0.15) is 6.04 Å². The third-order valence-electron chi connectivity index (χ3n) is 6.85. The number of amides is 2. The average Bonchev–Trinajstić information content (AvgIpc) is 2.65. The number of rotatable bonds is 7. The minimum atomic E-state index is -1.08. The maximum Gasteiger partial charge on any atom is 0.326 e. The standard InChI is InChI=1S/C22H28N2O4/c25-19(24-18(20(26)27)9-14-4-2-1-3-5-14)13-23-21(28)22-10-15-6-16(11-22)8-17(7-15)12-22/h1-5,15-18H,6-13H2,(H,23,28)(H,24,25)(H,26,27)/t15?,16?,17?,18-,22?/m0/s1. The van der Waals surface area contributed by atoms with E-state index in [1.165, 1.54) is 19.3 Å². The second-order valence-corrected chi connectivity index (χ2v) is 9.03. The van der Waals surface area contributed by atoms with Gasteiger partial charge in [0.25, 0.3) is 0 Å². The van der Waals surface area contributed by atoms with E-state index in [1.807, 2.05) is 30.3 Å². The van der Waals surface area contributed by atoms with Crippen molar-refractivity contribution in [2.75, 3.05) is 6.54 Å². The Balaban J connectivity index is 1.31. The van der Waals surface area contributed by atoms with Crippen LogP contribution >= 0.6 is 0 Å². The molecule has 4 bridgehead atoms. The number of carboxylic acid groups (broad SMARTS) is 1. The maximum atomic E-state index is 12.9. The smallest absolute Gasteiger partial charge is 0.326 e. The molecular formula is C22H28N2O4. The summed E-state index contributed by atoms with van der Waals surface area (Å²) in [5.41, 5.74) is 0.540. The van der Waals surface area contributed by atoms with Crippen molar-refractivity contribution < 1.29 is 19.5 Å². The Labute approximate surface area is 165 Å². The summed E-state index contributed by atoms with van der Waals surface area (Å²) in [5, 5.41) is 14.8. The van der Waals surface area contributed by atoms with E-state index in [1.54, 1.807) is 0 Å². The zero-order valence-corrected chi connectivity index (χ0v) is 16.0. The van der Waals surface area contributed by atoms with Gasteiger partial charge in [-0.05, 0) is 61.8 Å². The fourth-order valence-corrected chi connectivity index (χ4v) is 6.03. The van der Waals surface area contributed by atoms with Crippen molar-refractivity contribution in [2.45, 2.75) is 51.0 Å². The Morgan fingerprint density at radius 1 is 1.00 bits per heavy atom. The van der Waals surface area contributed by atoms with Crippen molar-refractivity contribution in [2.24, 2.45) is 23.2 Å². The number of nitrogens with one attached hydrogen (secondary N) is 2. The summed E-state index contributed by atoms with van der Waals surface area (Å²) in [6.45, 7) is -0.168. The van der Waals surface area contributed by atoms with Crippen LogP contribution in [0.5, 0.6) is 0 Å². The van der Waals surface area contributed by atoms with Crippen molar-refractivity contribution in [1.29, 1.82) is 0 Å². The average molecular weight is 384 g/mol. The van der Waals surface area contributed by atoms with Crippen LogP contribution in [-0.4, -0.2) is 35.5 Å². The van der Waals surface area contributed by atoms with Crippen LogP contribution in [-0.2, 0) is 20.8 Å². The topological polar surface area (TPSA) is 95.5 Å². The van der Waals surface area contributed by atoms with Crippen molar-refractivity contribution >= 4 is 17.8 Å². The molecule has 5 rings (SSSR count). The lowest BCUT2D eigenvalue weighted by Gasteiger charge is -2.55. The number of carbonyl (C=O) groups is 3. The van der Waals surface area contributed by atoms with Gasteiger partial charge in [-0.1, -0.05) is 30.3 Å². The molecule has 3 N–H and O–H groups in total. The molecule has 0 saturated heterocycles. The Bertz CT molecular complexity index is 726. The van der Waals surface area contributed by atoms with E-state index in [0.29, 0.717) is 17.8 Å². The van der Waals surface area contributed by atoms with Crippen LogP contribution in [0.3, 0.4) is 0 Å². The Morgan fingerprint density at radius 2 is 1.57 bits per heavy atom. The van der Waals surface area contributed by atoms with Crippen molar-refractivity contribution in [1.82, 2.24) is 10.6 Å². The minimum absolute atomic E-state index is 0.0170. The van der Waals surface area contributed by atoms with E-state index in [4.69, 9.17) is 0 Å². The van der Waals surface area contributed by atoms with Gasteiger partial charge < -0.3 is 15.7 Å². The van der Waals surface area contributed by atoms with Crippen LogP contribution in [0.25, 0.3) is 0 Å². The largest absolute Gasteiger partial charge is 0.480 e. The number of aliphatic carboxylic acids is 1. The van der Waals surface area contributed by atoms with E-state index in [9.17, 15) is 19.5 Å². The molecule has 1 aromatic rings. The molecule has 0 aliphatic heterocycles. The third kappa shape index (κ3) is 3.91. The molecule has 4 aliphatic carbocycles. The van der Waals surface area contributed by atoms with E-state index < -0.39 is 17.9 Å². The van der Waals surface area contributed by atoms with Crippen LogP contribution in [0.1, 0.15) is 44.1 Å². The summed E-state index contributed by atoms with van der Waals surface area (Å²) in [7, 11) is 0. The van der Waals surface area contributed by atoms with Crippen LogP contribution in [0, 0.1) is 23.2 Å². The zero-order valence-electron chi connectivity index (χ0n) is 16.0. The quantitative estimate of drug-likeness (QED) is 0.671. The molecule has 6 heteroatoms. The molecule has 0 aromatic heterocycles. The van der Waals surface area contributed by atoms with Crippen LogP contribution in [0.2, 0.25) is 0 Å². The Hall–Kier alpha value is -2.37. The summed E-state index contributed by atoms with van der Waals surface area (Å²) < 4.78 is 0. The van der Waals surface area contributed by atoms with Crippen molar-refractivity contribution in [3.8, 4) is 0 Å². The highest BCUT2D eigenvalue weighted by Gasteiger charge is 2.54. The lowest BCUT2D eigenvalue weighted by atomic mass is 9.49. The highest BCUT2D eigenvalue weighted by molar-refractivity contribution is 5.90. The second kappa shape index (κ2) is 7.57. The number of hydrogen-bond acceptors (Lipinski definition) is 3. The second-order valence-electron chi connectivity index (χ2n) is 9.03. The fraction of sp³-hybridized carbons (Fsp3) is 0.591. The molecule has 2 amide bonds. The van der Waals surface area contributed by atoms with E-state index >= 15 is 0 Å². The molecule has 4 saturated carbocycles. The maximum absolute atomic E-state index is 12.9. The van der Waals surface area contributed by atoms with Gasteiger partial charge in [-0.25, -0.2) is 4.79 Å². The third-order valence-corrected chi connectivity index (χ3v) is 6.85.